The Morgan fingerprint density at radius 1 is 1.47 bits per heavy atom. The molecule has 2 aliphatic rings. The van der Waals surface area contributed by atoms with E-state index in [1.165, 1.54) is 5.56 Å². The Kier molecular flexibility index (Phi) is 1.78. The van der Waals surface area contributed by atoms with Crippen LogP contribution in [0.15, 0.2) is 22.7 Å². The highest BCUT2D eigenvalue weighted by atomic mass is 79.9. The van der Waals surface area contributed by atoms with E-state index in [1.807, 2.05) is 12.1 Å². The summed E-state index contributed by atoms with van der Waals surface area (Å²) in [6.07, 6.45) is 3.12. The number of carboxylic acid groups (broad SMARTS) is 1. The molecule has 0 aromatic heterocycles. The molecule has 1 fully saturated rings. The SMILES string of the molecule is O=C(O)C1CC2(CC2)c2ccc(Br)cc21. The normalized spacial score (nSPS) is 25.3. The average Bonchev–Trinajstić information content (AvgIpc) is 2.86. The fourth-order valence-corrected chi connectivity index (χ4v) is 3.14. The van der Waals surface area contributed by atoms with E-state index < -0.39 is 5.97 Å². The Morgan fingerprint density at radius 2 is 2.20 bits per heavy atom. The van der Waals surface area contributed by atoms with Gasteiger partial charge in [-0.2, -0.15) is 0 Å². The van der Waals surface area contributed by atoms with Crippen molar-refractivity contribution in [2.75, 3.05) is 0 Å². The molecule has 0 amide bonds. The maximum absolute atomic E-state index is 11.2. The number of benzene rings is 1. The van der Waals surface area contributed by atoms with Gasteiger partial charge in [0.15, 0.2) is 0 Å². The molecule has 3 heteroatoms. The summed E-state index contributed by atoms with van der Waals surface area (Å²) in [5.74, 6) is -0.974. The number of carbonyl (C=O) groups is 1. The summed E-state index contributed by atoms with van der Waals surface area (Å²) < 4.78 is 0.977. The molecule has 1 spiro atoms. The minimum atomic E-state index is -0.682. The minimum Gasteiger partial charge on any atom is -0.481 e. The van der Waals surface area contributed by atoms with Crippen LogP contribution in [0.4, 0.5) is 0 Å². The van der Waals surface area contributed by atoms with Crippen LogP contribution in [0.1, 0.15) is 36.3 Å². The van der Waals surface area contributed by atoms with Crippen molar-refractivity contribution in [3.8, 4) is 0 Å². The molecule has 0 radical (unpaired) electrons. The number of carboxylic acids is 1. The van der Waals surface area contributed by atoms with Gasteiger partial charge in [-0.25, -0.2) is 0 Å². The molecule has 1 aromatic rings. The Hall–Kier alpha value is -0.830. The van der Waals surface area contributed by atoms with Gasteiger partial charge in [0.25, 0.3) is 0 Å². The van der Waals surface area contributed by atoms with Gasteiger partial charge in [0.1, 0.15) is 0 Å². The van der Waals surface area contributed by atoms with Gasteiger partial charge < -0.3 is 5.11 Å². The number of hydrogen-bond donors (Lipinski definition) is 1. The maximum Gasteiger partial charge on any atom is 0.311 e. The van der Waals surface area contributed by atoms with Gasteiger partial charge in [-0.15, -0.1) is 0 Å². The van der Waals surface area contributed by atoms with Gasteiger partial charge in [0.2, 0.25) is 0 Å². The highest BCUT2D eigenvalue weighted by Crippen LogP contribution is 2.60. The summed E-state index contributed by atoms with van der Waals surface area (Å²) >= 11 is 3.41. The predicted octanol–water partition coefficient (Wildman–Crippen LogP) is 3.05. The van der Waals surface area contributed by atoms with Crippen LogP contribution in [-0.2, 0) is 10.2 Å². The van der Waals surface area contributed by atoms with E-state index in [1.54, 1.807) is 0 Å². The van der Waals surface area contributed by atoms with Crippen LogP contribution in [0.5, 0.6) is 0 Å². The van der Waals surface area contributed by atoms with Crippen LogP contribution in [0.2, 0.25) is 0 Å². The summed E-state index contributed by atoms with van der Waals surface area (Å²) in [5.41, 5.74) is 2.52. The van der Waals surface area contributed by atoms with Crippen molar-refractivity contribution < 1.29 is 9.90 Å². The van der Waals surface area contributed by atoms with Crippen molar-refractivity contribution in [1.29, 1.82) is 0 Å². The quantitative estimate of drug-likeness (QED) is 0.849. The topological polar surface area (TPSA) is 37.3 Å². The molecule has 1 unspecified atom stereocenters. The number of rotatable bonds is 1. The largest absolute Gasteiger partial charge is 0.481 e. The molecule has 0 aliphatic heterocycles. The van der Waals surface area contributed by atoms with Crippen molar-refractivity contribution in [2.24, 2.45) is 0 Å². The Labute approximate surface area is 96.4 Å². The lowest BCUT2D eigenvalue weighted by Gasteiger charge is -2.06. The van der Waals surface area contributed by atoms with Crippen molar-refractivity contribution in [1.82, 2.24) is 0 Å². The number of fused-ring (bicyclic) bond motifs is 2. The summed E-state index contributed by atoms with van der Waals surface area (Å²) in [7, 11) is 0. The molecule has 0 bridgehead atoms. The van der Waals surface area contributed by atoms with E-state index in [2.05, 4.69) is 22.0 Å². The zero-order valence-corrected chi connectivity index (χ0v) is 9.75. The first-order valence-electron chi connectivity index (χ1n) is 5.15. The third kappa shape index (κ3) is 1.26. The summed E-state index contributed by atoms with van der Waals surface area (Å²) in [6.45, 7) is 0. The smallest absolute Gasteiger partial charge is 0.311 e. The molecule has 15 heavy (non-hydrogen) atoms. The molecule has 0 heterocycles. The maximum atomic E-state index is 11.2. The van der Waals surface area contributed by atoms with Crippen molar-refractivity contribution in [2.45, 2.75) is 30.6 Å². The molecule has 1 N–H and O–H groups in total. The van der Waals surface area contributed by atoms with Crippen LogP contribution in [0.3, 0.4) is 0 Å². The van der Waals surface area contributed by atoms with E-state index in [9.17, 15) is 9.90 Å². The first-order chi connectivity index (χ1) is 7.12. The van der Waals surface area contributed by atoms with E-state index in [4.69, 9.17) is 0 Å². The lowest BCUT2D eigenvalue weighted by Crippen LogP contribution is -2.09. The highest BCUT2D eigenvalue weighted by molar-refractivity contribution is 9.10. The fourth-order valence-electron chi connectivity index (χ4n) is 2.76. The predicted molar refractivity (Wildman–Crippen MR) is 60.0 cm³/mol. The lowest BCUT2D eigenvalue weighted by atomic mass is 9.98. The molecule has 1 atom stereocenters. The molecule has 3 rings (SSSR count). The van der Waals surface area contributed by atoms with Gasteiger partial charge in [0, 0.05) is 4.47 Å². The lowest BCUT2D eigenvalue weighted by molar-refractivity contribution is -0.138. The minimum absolute atomic E-state index is 0.221. The second kappa shape index (κ2) is 2.85. The van der Waals surface area contributed by atoms with E-state index in [0.717, 1.165) is 29.3 Å². The van der Waals surface area contributed by atoms with Crippen LogP contribution in [0, 0.1) is 0 Å². The van der Waals surface area contributed by atoms with E-state index in [-0.39, 0.29) is 11.3 Å². The molecule has 1 aromatic carbocycles. The van der Waals surface area contributed by atoms with Gasteiger partial charge >= 0.3 is 5.97 Å². The second-order valence-corrected chi connectivity index (χ2v) is 5.52. The third-order valence-electron chi connectivity index (χ3n) is 3.71. The zero-order chi connectivity index (χ0) is 10.6. The molecule has 2 nitrogen and oxygen atoms in total. The summed E-state index contributed by atoms with van der Waals surface area (Å²) in [4.78, 5) is 11.2. The number of halogens is 1. The average molecular weight is 267 g/mol. The van der Waals surface area contributed by atoms with Gasteiger partial charge in [-0.05, 0) is 47.9 Å². The molecule has 0 saturated heterocycles. The molecular weight excluding hydrogens is 256 g/mol. The Morgan fingerprint density at radius 3 is 2.80 bits per heavy atom. The monoisotopic (exact) mass is 266 g/mol. The van der Waals surface area contributed by atoms with Gasteiger partial charge in [-0.1, -0.05) is 22.0 Å². The van der Waals surface area contributed by atoms with Crippen molar-refractivity contribution >= 4 is 21.9 Å². The van der Waals surface area contributed by atoms with Crippen LogP contribution in [0.25, 0.3) is 0 Å². The van der Waals surface area contributed by atoms with Crippen molar-refractivity contribution in [3.05, 3.63) is 33.8 Å². The van der Waals surface area contributed by atoms with E-state index in [0.29, 0.717) is 0 Å². The zero-order valence-electron chi connectivity index (χ0n) is 8.16. The highest BCUT2D eigenvalue weighted by Gasteiger charge is 2.53. The standard InChI is InChI=1S/C12H11BrO2/c13-7-1-2-10-8(5-7)9(11(14)15)6-12(10)3-4-12/h1-2,5,9H,3-4,6H2,(H,14,15). The van der Waals surface area contributed by atoms with Crippen LogP contribution < -0.4 is 0 Å². The Balaban J connectivity index is 2.16. The molecule has 2 aliphatic carbocycles. The van der Waals surface area contributed by atoms with Gasteiger partial charge in [-0.3, -0.25) is 4.79 Å². The van der Waals surface area contributed by atoms with Crippen LogP contribution in [-0.4, -0.2) is 11.1 Å². The van der Waals surface area contributed by atoms with Crippen LogP contribution >= 0.6 is 15.9 Å². The number of aliphatic carboxylic acids is 1. The first kappa shape index (κ1) is 9.40. The van der Waals surface area contributed by atoms with Crippen molar-refractivity contribution in [3.63, 3.8) is 0 Å². The van der Waals surface area contributed by atoms with E-state index >= 15 is 0 Å². The van der Waals surface area contributed by atoms with Gasteiger partial charge in [0.05, 0.1) is 5.92 Å². The summed E-state index contributed by atoms with van der Waals surface area (Å²) in [6, 6.07) is 6.08. The molecular formula is C12H11BrO2. The Bertz CT molecular complexity index is 449. The second-order valence-electron chi connectivity index (χ2n) is 4.61. The fraction of sp³-hybridized carbons (Fsp3) is 0.417. The first-order valence-corrected chi connectivity index (χ1v) is 5.94. The molecule has 1 saturated carbocycles. The third-order valence-corrected chi connectivity index (χ3v) is 4.20. The number of hydrogen-bond acceptors (Lipinski definition) is 1. The summed E-state index contributed by atoms with van der Waals surface area (Å²) in [5, 5.41) is 9.20. The molecule has 78 valence electrons.